The first-order valence-corrected chi connectivity index (χ1v) is 6.66. The van der Waals surface area contributed by atoms with Gasteiger partial charge in [-0.05, 0) is 41.0 Å². The molecule has 0 amide bonds. The number of fused-ring (bicyclic) bond motifs is 1. The van der Waals surface area contributed by atoms with Gasteiger partial charge in [-0.3, -0.25) is 11.3 Å². The molecule has 0 heterocycles. The largest absolute Gasteiger partial charge is 0.271 e. The second kappa shape index (κ2) is 4.38. The van der Waals surface area contributed by atoms with Gasteiger partial charge >= 0.3 is 0 Å². The SMILES string of the molecule is CC1(C(Cc2cccc3ccccc23)NN)CC1. The molecule has 2 heteroatoms. The highest BCUT2D eigenvalue weighted by atomic mass is 15.2. The number of hydrazine groups is 1. The van der Waals surface area contributed by atoms with Crippen molar-refractivity contribution in [1.82, 2.24) is 5.43 Å². The van der Waals surface area contributed by atoms with Gasteiger partial charge in [0.2, 0.25) is 0 Å². The van der Waals surface area contributed by atoms with E-state index in [1.54, 1.807) is 0 Å². The molecule has 0 aliphatic heterocycles. The fraction of sp³-hybridized carbons (Fsp3) is 0.375. The molecule has 1 aliphatic carbocycles. The summed E-state index contributed by atoms with van der Waals surface area (Å²) in [7, 11) is 0. The minimum Gasteiger partial charge on any atom is -0.271 e. The predicted molar refractivity (Wildman–Crippen MR) is 76.1 cm³/mol. The van der Waals surface area contributed by atoms with Crippen LogP contribution in [-0.2, 0) is 6.42 Å². The third kappa shape index (κ3) is 2.02. The van der Waals surface area contributed by atoms with Crippen molar-refractivity contribution >= 4 is 10.8 Å². The molecule has 2 nitrogen and oxygen atoms in total. The summed E-state index contributed by atoms with van der Waals surface area (Å²) in [6, 6.07) is 15.5. The molecule has 1 fully saturated rings. The van der Waals surface area contributed by atoms with Crippen LogP contribution in [0.15, 0.2) is 42.5 Å². The highest BCUT2D eigenvalue weighted by Crippen LogP contribution is 2.48. The van der Waals surface area contributed by atoms with Crippen LogP contribution in [0.3, 0.4) is 0 Å². The number of benzene rings is 2. The van der Waals surface area contributed by atoms with Gasteiger partial charge in [-0.2, -0.15) is 0 Å². The van der Waals surface area contributed by atoms with Crippen LogP contribution in [0.2, 0.25) is 0 Å². The summed E-state index contributed by atoms with van der Waals surface area (Å²) in [5.41, 5.74) is 4.80. The Bertz CT molecular complexity index is 553. The maximum absolute atomic E-state index is 5.74. The summed E-state index contributed by atoms with van der Waals surface area (Å²) in [6.07, 6.45) is 3.58. The molecule has 1 atom stereocenters. The first kappa shape index (κ1) is 11.7. The first-order chi connectivity index (χ1) is 8.73. The van der Waals surface area contributed by atoms with Gasteiger partial charge in [0, 0.05) is 6.04 Å². The Morgan fingerprint density at radius 2 is 1.89 bits per heavy atom. The van der Waals surface area contributed by atoms with E-state index in [2.05, 4.69) is 54.8 Å². The van der Waals surface area contributed by atoms with Crippen LogP contribution in [0.4, 0.5) is 0 Å². The van der Waals surface area contributed by atoms with Crippen molar-refractivity contribution < 1.29 is 0 Å². The van der Waals surface area contributed by atoms with E-state index in [0.29, 0.717) is 11.5 Å². The molecule has 1 saturated carbocycles. The van der Waals surface area contributed by atoms with Crippen molar-refractivity contribution in [2.75, 3.05) is 0 Å². The van der Waals surface area contributed by atoms with Crippen LogP contribution in [0.5, 0.6) is 0 Å². The standard InChI is InChI=1S/C16H20N2/c1-16(9-10-16)15(18-17)11-13-7-4-6-12-5-2-3-8-14(12)13/h2-8,15,18H,9-11,17H2,1H3. The van der Waals surface area contributed by atoms with Crippen molar-refractivity contribution in [1.29, 1.82) is 0 Å². The van der Waals surface area contributed by atoms with E-state index in [4.69, 9.17) is 5.84 Å². The van der Waals surface area contributed by atoms with Gasteiger partial charge in [0.1, 0.15) is 0 Å². The molecular weight excluding hydrogens is 220 g/mol. The predicted octanol–water partition coefficient (Wildman–Crippen LogP) is 3.01. The second-order valence-corrected chi connectivity index (χ2v) is 5.72. The summed E-state index contributed by atoms with van der Waals surface area (Å²) >= 11 is 0. The molecule has 18 heavy (non-hydrogen) atoms. The van der Waals surface area contributed by atoms with Crippen molar-refractivity contribution in [3.63, 3.8) is 0 Å². The van der Waals surface area contributed by atoms with Gasteiger partial charge < -0.3 is 0 Å². The molecule has 1 aliphatic rings. The number of hydrogen-bond donors (Lipinski definition) is 2. The average molecular weight is 240 g/mol. The fourth-order valence-electron chi connectivity index (χ4n) is 2.74. The number of hydrogen-bond acceptors (Lipinski definition) is 2. The van der Waals surface area contributed by atoms with E-state index in [1.165, 1.54) is 29.2 Å². The van der Waals surface area contributed by atoms with Crippen LogP contribution in [0, 0.1) is 5.41 Å². The lowest BCUT2D eigenvalue weighted by molar-refractivity contribution is 0.360. The number of nitrogens with two attached hydrogens (primary N) is 1. The molecule has 1 unspecified atom stereocenters. The fourth-order valence-corrected chi connectivity index (χ4v) is 2.74. The zero-order valence-electron chi connectivity index (χ0n) is 10.8. The van der Waals surface area contributed by atoms with Gasteiger partial charge in [-0.25, -0.2) is 0 Å². The molecule has 3 rings (SSSR count). The highest BCUT2D eigenvalue weighted by Gasteiger charge is 2.44. The molecular formula is C16H20N2. The average Bonchev–Trinajstić information content (AvgIpc) is 3.15. The van der Waals surface area contributed by atoms with Crippen molar-refractivity contribution in [2.24, 2.45) is 11.3 Å². The Morgan fingerprint density at radius 1 is 1.17 bits per heavy atom. The Balaban J connectivity index is 1.94. The van der Waals surface area contributed by atoms with Gasteiger partial charge in [0.15, 0.2) is 0 Å². The van der Waals surface area contributed by atoms with E-state index in [0.717, 1.165) is 6.42 Å². The minimum absolute atomic E-state index is 0.378. The van der Waals surface area contributed by atoms with Crippen LogP contribution in [-0.4, -0.2) is 6.04 Å². The maximum atomic E-state index is 5.74. The zero-order chi connectivity index (χ0) is 12.6. The molecule has 0 spiro atoms. The summed E-state index contributed by atoms with van der Waals surface area (Å²) in [5.74, 6) is 5.74. The Hall–Kier alpha value is -1.38. The molecule has 94 valence electrons. The van der Waals surface area contributed by atoms with E-state index in [-0.39, 0.29) is 0 Å². The Kier molecular flexibility index (Phi) is 2.84. The smallest absolute Gasteiger partial charge is 0.0304 e. The monoisotopic (exact) mass is 240 g/mol. The molecule has 3 N–H and O–H groups in total. The summed E-state index contributed by atoms with van der Waals surface area (Å²) in [5, 5.41) is 2.66. The lowest BCUT2D eigenvalue weighted by Gasteiger charge is -2.23. The normalized spacial score (nSPS) is 18.8. The molecule has 2 aromatic carbocycles. The second-order valence-electron chi connectivity index (χ2n) is 5.72. The van der Waals surface area contributed by atoms with Gasteiger partial charge in [-0.1, -0.05) is 49.4 Å². The zero-order valence-corrected chi connectivity index (χ0v) is 10.8. The number of rotatable bonds is 4. The lowest BCUT2D eigenvalue weighted by atomic mass is 9.90. The van der Waals surface area contributed by atoms with E-state index in [9.17, 15) is 0 Å². The summed E-state index contributed by atoms with van der Waals surface area (Å²) in [4.78, 5) is 0. The van der Waals surface area contributed by atoms with E-state index < -0.39 is 0 Å². The first-order valence-electron chi connectivity index (χ1n) is 6.66. The van der Waals surface area contributed by atoms with Gasteiger partial charge in [-0.15, -0.1) is 0 Å². The van der Waals surface area contributed by atoms with E-state index >= 15 is 0 Å². The molecule has 0 radical (unpaired) electrons. The van der Waals surface area contributed by atoms with Crippen LogP contribution in [0.25, 0.3) is 10.8 Å². The maximum Gasteiger partial charge on any atom is 0.0304 e. The third-order valence-electron chi connectivity index (χ3n) is 4.39. The van der Waals surface area contributed by atoms with Crippen LogP contribution < -0.4 is 11.3 Å². The van der Waals surface area contributed by atoms with Gasteiger partial charge in [0.25, 0.3) is 0 Å². The molecule has 2 aromatic rings. The minimum atomic E-state index is 0.378. The van der Waals surface area contributed by atoms with Crippen LogP contribution in [0.1, 0.15) is 25.3 Å². The van der Waals surface area contributed by atoms with Gasteiger partial charge in [0.05, 0.1) is 0 Å². The lowest BCUT2D eigenvalue weighted by Crippen LogP contribution is -2.42. The van der Waals surface area contributed by atoms with Crippen molar-refractivity contribution in [3.8, 4) is 0 Å². The molecule has 0 bridgehead atoms. The Labute approximate surface area is 108 Å². The quantitative estimate of drug-likeness (QED) is 0.637. The molecule has 0 saturated heterocycles. The Morgan fingerprint density at radius 3 is 2.61 bits per heavy atom. The third-order valence-corrected chi connectivity index (χ3v) is 4.39. The van der Waals surface area contributed by atoms with Crippen molar-refractivity contribution in [2.45, 2.75) is 32.2 Å². The molecule has 0 aromatic heterocycles. The van der Waals surface area contributed by atoms with Crippen LogP contribution >= 0.6 is 0 Å². The summed E-state index contributed by atoms with van der Waals surface area (Å²) < 4.78 is 0. The number of nitrogens with one attached hydrogen (secondary N) is 1. The van der Waals surface area contributed by atoms with E-state index in [1.807, 2.05) is 0 Å². The highest BCUT2D eigenvalue weighted by molar-refractivity contribution is 5.85. The topological polar surface area (TPSA) is 38.0 Å². The van der Waals surface area contributed by atoms with Crippen molar-refractivity contribution in [3.05, 3.63) is 48.0 Å². The summed E-state index contributed by atoms with van der Waals surface area (Å²) in [6.45, 7) is 2.32.